The number of fused-ring (bicyclic) bond motifs is 4. The SMILES string of the molecule is CC1(C)C2CCC(CN(CC3(O)CCC4C56C=CC7(C=C5C(=O)c5cccc(C(F)(F)F)c5)CC(O)CCC7(C)C6CCC43C)C(=O)Oc3ccc4ccccc4c3)C1C2. The summed E-state index contributed by atoms with van der Waals surface area (Å²) in [6.45, 7) is 9.67. The van der Waals surface area contributed by atoms with Crippen molar-refractivity contribution >= 4 is 22.6 Å². The van der Waals surface area contributed by atoms with E-state index in [0.29, 0.717) is 68.2 Å². The Balaban J connectivity index is 1.02. The molecule has 0 saturated heterocycles. The first-order valence-electron chi connectivity index (χ1n) is 22.4. The van der Waals surface area contributed by atoms with Gasteiger partial charge in [0, 0.05) is 33.9 Å². The first kappa shape index (κ1) is 40.1. The maximum atomic E-state index is 15.0. The van der Waals surface area contributed by atoms with Crippen LogP contribution in [0.4, 0.5) is 18.0 Å². The number of carbonyl (C=O) groups excluding carboxylic acids is 2. The average Bonchev–Trinajstić information content (AvgIpc) is 3.49. The second kappa shape index (κ2) is 13.3. The lowest BCUT2D eigenvalue weighted by Crippen LogP contribution is -2.67. The van der Waals surface area contributed by atoms with E-state index in [-0.39, 0.29) is 40.7 Å². The lowest BCUT2D eigenvalue weighted by atomic mass is 9.32. The topological polar surface area (TPSA) is 87.1 Å². The minimum atomic E-state index is -4.61. The van der Waals surface area contributed by atoms with Crippen molar-refractivity contribution in [2.75, 3.05) is 13.1 Å². The van der Waals surface area contributed by atoms with Crippen molar-refractivity contribution in [1.82, 2.24) is 4.90 Å². The molecule has 0 aliphatic heterocycles. The summed E-state index contributed by atoms with van der Waals surface area (Å²) in [6.07, 6.45) is 8.25. The Morgan fingerprint density at radius 1 is 0.833 bits per heavy atom. The van der Waals surface area contributed by atoms with Crippen LogP contribution in [0.5, 0.6) is 5.75 Å². The lowest BCUT2D eigenvalue weighted by molar-refractivity contribution is -0.176. The van der Waals surface area contributed by atoms with Gasteiger partial charge in [0.05, 0.1) is 23.8 Å². The molecule has 3 aromatic carbocycles. The zero-order valence-corrected chi connectivity index (χ0v) is 35.2. The first-order chi connectivity index (χ1) is 28.3. The third-order valence-corrected chi connectivity index (χ3v) is 18.5. The summed E-state index contributed by atoms with van der Waals surface area (Å²) < 4.78 is 48.3. The van der Waals surface area contributed by atoms with Crippen molar-refractivity contribution in [2.45, 2.75) is 110 Å². The number of hydrogen-bond acceptors (Lipinski definition) is 5. The van der Waals surface area contributed by atoms with Crippen LogP contribution < -0.4 is 4.74 Å². The highest BCUT2D eigenvalue weighted by atomic mass is 19.4. The molecular formula is C51H58F3NO5. The monoisotopic (exact) mass is 821 g/mol. The molecule has 0 heterocycles. The van der Waals surface area contributed by atoms with Crippen molar-refractivity contribution in [2.24, 2.45) is 56.7 Å². The van der Waals surface area contributed by atoms with Crippen molar-refractivity contribution in [1.29, 1.82) is 0 Å². The van der Waals surface area contributed by atoms with Gasteiger partial charge in [-0.25, -0.2) is 4.79 Å². The third-order valence-electron chi connectivity index (χ3n) is 18.5. The van der Waals surface area contributed by atoms with Crippen LogP contribution in [-0.2, 0) is 6.18 Å². The second-order valence-corrected chi connectivity index (χ2v) is 21.2. The van der Waals surface area contributed by atoms with Crippen LogP contribution >= 0.6 is 0 Å². The fraction of sp³-hybridized carbons (Fsp3) is 0.569. The fourth-order valence-corrected chi connectivity index (χ4v) is 15.0. The molecule has 1 amide bonds. The van der Waals surface area contributed by atoms with Crippen LogP contribution in [0, 0.1) is 56.7 Å². The molecule has 318 valence electrons. The van der Waals surface area contributed by atoms with E-state index in [4.69, 9.17) is 4.74 Å². The zero-order valence-electron chi connectivity index (χ0n) is 35.2. The number of aliphatic hydroxyl groups is 2. The quantitative estimate of drug-likeness (QED) is 0.183. The van der Waals surface area contributed by atoms with E-state index in [1.54, 1.807) is 4.90 Å². The molecule has 9 aliphatic rings. The van der Waals surface area contributed by atoms with Gasteiger partial charge < -0.3 is 19.8 Å². The molecule has 9 aliphatic carbocycles. The predicted octanol–water partition coefficient (Wildman–Crippen LogP) is 11.2. The number of nitrogens with zero attached hydrogens (tertiary/aromatic N) is 1. The van der Waals surface area contributed by atoms with Crippen LogP contribution in [-0.4, -0.2) is 51.8 Å². The predicted molar refractivity (Wildman–Crippen MR) is 224 cm³/mol. The normalized spacial score (nSPS) is 39.5. The molecule has 2 spiro atoms. The first-order valence-corrected chi connectivity index (χ1v) is 22.4. The molecule has 60 heavy (non-hydrogen) atoms. The summed E-state index contributed by atoms with van der Waals surface area (Å²) in [4.78, 5) is 31.4. The Kier molecular flexibility index (Phi) is 8.88. The van der Waals surface area contributed by atoms with E-state index in [0.717, 1.165) is 48.6 Å². The standard InChI is InChI=1S/C51H58F3NO5/c1-45(2)35-14-12-34(39(45)26-35)29-55(44(58)60-38-15-13-31-8-5-6-9-32(31)25-38)30-49(59)21-18-42-47(49,4)20-17-41-46(3)19-16-37(56)27-48(46)22-23-50(41,42)40(28-48)43(57)33-10-7-11-36(24-33)51(52,53)54/h5-11,13,15,22-25,28,34-35,37,39,41-42,56,59H,12,14,16-21,26-27,29-30H2,1-4H3. The number of carbonyl (C=O) groups is 2. The Morgan fingerprint density at radius 3 is 2.32 bits per heavy atom. The lowest BCUT2D eigenvalue weighted by Gasteiger charge is -2.71. The number of amides is 1. The minimum Gasteiger partial charge on any atom is -0.410 e. The largest absolute Gasteiger partial charge is 0.416 e. The molecule has 6 nitrogen and oxygen atoms in total. The number of halogens is 3. The maximum absolute atomic E-state index is 15.0. The van der Waals surface area contributed by atoms with Crippen LogP contribution in [0.25, 0.3) is 10.8 Å². The summed E-state index contributed by atoms with van der Waals surface area (Å²) >= 11 is 0. The highest BCUT2D eigenvalue weighted by Gasteiger charge is 2.74. The number of aliphatic hydroxyl groups excluding tert-OH is 1. The number of allylic oxidation sites excluding steroid dienone is 4. The van der Waals surface area contributed by atoms with Crippen molar-refractivity contribution in [3.63, 3.8) is 0 Å². The highest BCUT2D eigenvalue weighted by Crippen LogP contribution is 2.78. The molecule has 9 heteroatoms. The molecule has 11 atom stereocenters. The Bertz CT molecular complexity index is 2330. The van der Waals surface area contributed by atoms with Gasteiger partial charge in [-0.2, -0.15) is 13.2 Å². The van der Waals surface area contributed by atoms with Crippen LogP contribution in [0.3, 0.4) is 0 Å². The average molecular weight is 822 g/mol. The second-order valence-electron chi connectivity index (χ2n) is 21.2. The summed E-state index contributed by atoms with van der Waals surface area (Å²) in [5.41, 5.74) is -4.04. The molecule has 6 saturated carbocycles. The van der Waals surface area contributed by atoms with Gasteiger partial charge >= 0.3 is 12.3 Å². The molecule has 6 fully saturated rings. The molecule has 0 aromatic heterocycles. The molecular weight excluding hydrogens is 764 g/mol. The van der Waals surface area contributed by atoms with Gasteiger partial charge in [0.1, 0.15) is 5.75 Å². The van der Waals surface area contributed by atoms with E-state index in [1.165, 1.54) is 12.1 Å². The van der Waals surface area contributed by atoms with Gasteiger partial charge in [0.15, 0.2) is 5.78 Å². The minimum absolute atomic E-state index is 0.00334. The molecule has 12 rings (SSSR count). The smallest absolute Gasteiger partial charge is 0.410 e. The number of Topliss-reactive ketones (excluding diaryl/α,β-unsaturated/α-hetero) is 1. The summed E-state index contributed by atoms with van der Waals surface area (Å²) in [5.74, 6) is 1.21. The maximum Gasteiger partial charge on any atom is 0.416 e. The molecule has 4 bridgehead atoms. The number of benzene rings is 3. The summed E-state index contributed by atoms with van der Waals surface area (Å²) in [6, 6.07) is 18.3. The van der Waals surface area contributed by atoms with E-state index in [1.807, 2.05) is 48.5 Å². The number of rotatable bonds is 7. The van der Waals surface area contributed by atoms with Gasteiger partial charge in [-0.3, -0.25) is 4.79 Å². The summed E-state index contributed by atoms with van der Waals surface area (Å²) in [7, 11) is 0. The molecule has 2 N–H and O–H groups in total. The van der Waals surface area contributed by atoms with Crippen LogP contribution in [0.2, 0.25) is 0 Å². The van der Waals surface area contributed by atoms with Crippen molar-refractivity contribution < 1.29 is 37.7 Å². The van der Waals surface area contributed by atoms with Gasteiger partial charge in [-0.15, -0.1) is 0 Å². The van der Waals surface area contributed by atoms with Crippen LogP contribution in [0.15, 0.2) is 90.5 Å². The molecule has 11 unspecified atom stereocenters. The number of ether oxygens (including phenoxy) is 1. The zero-order chi connectivity index (χ0) is 42.3. The van der Waals surface area contributed by atoms with Gasteiger partial charge in [-0.1, -0.05) is 88.4 Å². The highest BCUT2D eigenvalue weighted by molar-refractivity contribution is 6.10. The van der Waals surface area contributed by atoms with E-state index >= 15 is 0 Å². The number of alkyl halides is 3. The van der Waals surface area contributed by atoms with Crippen LogP contribution in [0.1, 0.15) is 108 Å². The third kappa shape index (κ3) is 5.58. The molecule has 0 radical (unpaired) electrons. The van der Waals surface area contributed by atoms with Crippen molar-refractivity contribution in [3.05, 3.63) is 102 Å². The number of hydrogen-bond donors (Lipinski definition) is 2. The number of ketones is 1. The fourth-order valence-electron chi connectivity index (χ4n) is 15.0. The van der Waals surface area contributed by atoms with E-state index in [9.17, 15) is 33.0 Å². The van der Waals surface area contributed by atoms with Gasteiger partial charge in [0.25, 0.3) is 0 Å². The van der Waals surface area contributed by atoms with Gasteiger partial charge in [-0.05, 0) is 140 Å². The van der Waals surface area contributed by atoms with E-state index < -0.39 is 51.6 Å². The Morgan fingerprint density at radius 2 is 1.57 bits per heavy atom. The Labute approximate surface area is 351 Å². The summed E-state index contributed by atoms with van der Waals surface area (Å²) in [5, 5.41) is 26.4. The van der Waals surface area contributed by atoms with Crippen molar-refractivity contribution in [3.8, 4) is 5.75 Å². The Hall–Kier alpha value is -3.95. The van der Waals surface area contributed by atoms with E-state index in [2.05, 4.69) is 39.8 Å². The van der Waals surface area contributed by atoms with Gasteiger partial charge in [0.2, 0.25) is 0 Å². The molecule has 3 aromatic rings.